The molecule has 0 saturated carbocycles. The van der Waals surface area contributed by atoms with Gasteiger partial charge < -0.3 is 0 Å². The Morgan fingerprint density at radius 3 is 2.50 bits per heavy atom. The van der Waals surface area contributed by atoms with Gasteiger partial charge in [0.2, 0.25) is 4.73 Å². The van der Waals surface area contributed by atoms with E-state index in [0.717, 1.165) is 5.69 Å². The number of rotatable bonds is 1. The highest BCUT2D eigenvalue weighted by atomic mass is 79.9. The molecule has 0 radical (unpaired) electrons. The van der Waals surface area contributed by atoms with Crippen LogP contribution in [-0.2, 0) is 0 Å². The summed E-state index contributed by atoms with van der Waals surface area (Å²) >= 11 is 3.16. The fourth-order valence-electron chi connectivity index (χ4n) is 1.06. The predicted molar refractivity (Wildman–Crippen MR) is 53.8 cm³/mol. The van der Waals surface area contributed by atoms with Gasteiger partial charge in [-0.2, -0.15) is 5.26 Å². The lowest BCUT2D eigenvalue weighted by atomic mass is 10.2. The quantitative estimate of drug-likeness (QED) is 0.775. The summed E-state index contributed by atoms with van der Waals surface area (Å²) in [6, 6.07) is 9.18. The van der Waals surface area contributed by atoms with Crippen molar-refractivity contribution in [2.45, 2.75) is 0 Å². The highest BCUT2D eigenvalue weighted by molar-refractivity contribution is 9.10. The molecule has 0 aliphatic rings. The summed E-state index contributed by atoms with van der Waals surface area (Å²) in [6.07, 6.45) is 1.60. The van der Waals surface area contributed by atoms with Crippen LogP contribution < -0.4 is 0 Å². The first-order valence-electron chi connectivity index (χ1n) is 3.87. The first kappa shape index (κ1) is 8.91. The summed E-state index contributed by atoms with van der Waals surface area (Å²) in [5.74, 6) is 0. The lowest BCUT2D eigenvalue weighted by molar-refractivity contribution is 0.870. The van der Waals surface area contributed by atoms with Crippen LogP contribution in [0.2, 0.25) is 0 Å². The molecule has 68 valence electrons. The normalized spacial score (nSPS) is 9.71. The Labute approximate surface area is 88.9 Å². The number of benzene rings is 1. The first-order chi connectivity index (χ1) is 6.79. The maximum absolute atomic E-state index is 8.61. The second-order valence-electron chi connectivity index (χ2n) is 2.62. The molecular formula is C9H5BrN4. The molecule has 0 amide bonds. The van der Waals surface area contributed by atoms with Crippen LogP contribution in [-0.4, -0.2) is 14.8 Å². The summed E-state index contributed by atoms with van der Waals surface area (Å²) in [5, 5.41) is 12.7. The molecular weight excluding hydrogens is 244 g/mol. The lowest BCUT2D eigenvalue weighted by Gasteiger charge is -1.98. The van der Waals surface area contributed by atoms with Crippen LogP contribution in [0.4, 0.5) is 0 Å². The molecule has 0 aliphatic carbocycles. The number of aromatic nitrogens is 3. The van der Waals surface area contributed by atoms with E-state index in [-0.39, 0.29) is 0 Å². The van der Waals surface area contributed by atoms with E-state index < -0.39 is 0 Å². The molecule has 14 heavy (non-hydrogen) atoms. The van der Waals surface area contributed by atoms with Crippen molar-refractivity contribution in [3.05, 3.63) is 40.9 Å². The Morgan fingerprint density at radius 1 is 1.29 bits per heavy atom. The van der Waals surface area contributed by atoms with E-state index in [1.54, 1.807) is 23.1 Å². The second kappa shape index (κ2) is 3.60. The van der Waals surface area contributed by atoms with Crippen LogP contribution in [0.25, 0.3) is 5.69 Å². The van der Waals surface area contributed by atoms with Gasteiger partial charge >= 0.3 is 0 Å². The Hall–Kier alpha value is -1.67. The Morgan fingerprint density at radius 2 is 2.00 bits per heavy atom. The van der Waals surface area contributed by atoms with Crippen LogP contribution >= 0.6 is 15.9 Å². The summed E-state index contributed by atoms with van der Waals surface area (Å²) in [5.41, 5.74) is 1.51. The summed E-state index contributed by atoms with van der Waals surface area (Å²) in [6.45, 7) is 0. The molecule has 2 aromatic rings. The van der Waals surface area contributed by atoms with E-state index in [0.29, 0.717) is 10.3 Å². The molecule has 1 heterocycles. The zero-order valence-corrected chi connectivity index (χ0v) is 8.64. The number of nitrogens with zero attached hydrogens (tertiary/aromatic N) is 4. The lowest BCUT2D eigenvalue weighted by Crippen LogP contribution is -1.93. The van der Waals surface area contributed by atoms with Crippen LogP contribution in [0, 0.1) is 11.3 Å². The van der Waals surface area contributed by atoms with Crippen LogP contribution in [0.3, 0.4) is 0 Å². The highest BCUT2D eigenvalue weighted by Crippen LogP contribution is 2.09. The van der Waals surface area contributed by atoms with E-state index in [2.05, 4.69) is 32.1 Å². The van der Waals surface area contributed by atoms with E-state index in [4.69, 9.17) is 5.26 Å². The van der Waals surface area contributed by atoms with Crippen molar-refractivity contribution in [2.75, 3.05) is 0 Å². The van der Waals surface area contributed by atoms with Crippen LogP contribution in [0.15, 0.2) is 35.3 Å². The van der Waals surface area contributed by atoms with Gasteiger partial charge in [-0.3, -0.25) is 0 Å². The Balaban J connectivity index is 2.39. The average Bonchev–Trinajstić information content (AvgIpc) is 2.65. The van der Waals surface area contributed by atoms with E-state index in [1.165, 1.54) is 0 Å². The molecule has 0 fully saturated rings. The Kier molecular flexibility index (Phi) is 2.29. The molecule has 0 N–H and O–H groups in total. The third-order valence-corrected chi connectivity index (χ3v) is 2.09. The van der Waals surface area contributed by atoms with Crippen molar-refractivity contribution in [1.29, 1.82) is 5.26 Å². The van der Waals surface area contributed by atoms with Crippen molar-refractivity contribution < 1.29 is 0 Å². The highest BCUT2D eigenvalue weighted by Gasteiger charge is 1.99. The van der Waals surface area contributed by atoms with E-state index in [1.807, 2.05) is 12.1 Å². The molecule has 1 aromatic heterocycles. The predicted octanol–water partition coefficient (Wildman–Crippen LogP) is 1.90. The van der Waals surface area contributed by atoms with Gasteiger partial charge in [0.05, 0.1) is 17.3 Å². The van der Waals surface area contributed by atoms with E-state index >= 15 is 0 Å². The number of hydrogen-bond donors (Lipinski definition) is 0. The molecule has 2 rings (SSSR count). The zero-order chi connectivity index (χ0) is 9.97. The third kappa shape index (κ3) is 1.65. The van der Waals surface area contributed by atoms with Crippen molar-refractivity contribution in [3.8, 4) is 11.8 Å². The minimum absolute atomic E-state index is 0.543. The number of nitriles is 1. The third-order valence-electron chi connectivity index (χ3n) is 1.72. The van der Waals surface area contributed by atoms with E-state index in [9.17, 15) is 0 Å². The topological polar surface area (TPSA) is 54.5 Å². The minimum atomic E-state index is 0.543. The van der Waals surface area contributed by atoms with Gasteiger partial charge in [0.1, 0.15) is 6.33 Å². The Bertz CT molecular complexity index is 480. The molecule has 0 spiro atoms. The van der Waals surface area contributed by atoms with Gasteiger partial charge in [-0.05, 0) is 40.2 Å². The zero-order valence-electron chi connectivity index (χ0n) is 7.05. The van der Waals surface area contributed by atoms with Gasteiger partial charge in [0, 0.05) is 0 Å². The molecule has 0 aliphatic heterocycles. The first-order valence-corrected chi connectivity index (χ1v) is 4.66. The monoisotopic (exact) mass is 248 g/mol. The summed E-state index contributed by atoms with van der Waals surface area (Å²) < 4.78 is 2.17. The van der Waals surface area contributed by atoms with Crippen LogP contribution in [0.1, 0.15) is 5.56 Å². The summed E-state index contributed by atoms with van der Waals surface area (Å²) in [4.78, 5) is 3.94. The summed E-state index contributed by atoms with van der Waals surface area (Å²) in [7, 11) is 0. The standard InChI is InChI=1S/C9H5BrN4/c10-9-12-6-14(13-9)8-3-1-7(5-11)2-4-8/h1-4,6H. The molecule has 1 aromatic carbocycles. The maximum atomic E-state index is 8.61. The fraction of sp³-hybridized carbons (Fsp3) is 0. The van der Waals surface area contributed by atoms with Crippen molar-refractivity contribution in [2.24, 2.45) is 0 Å². The van der Waals surface area contributed by atoms with Gasteiger partial charge in [0.15, 0.2) is 0 Å². The van der Waals surface area contributed by atoms with Gasteiger partial charge in [-0.25, -0.2) is 9.67 Å². The van der Waals surface area contributed by atoms with Gasteiger partial charge in [0.25, 0.3) is 0 Å². The van der Waals surface area contributed by atoms with Crippen molar-refractivity contribution in [1.82, 2.24) is 14.8 Å². The van der Waals surface area contributed by atoms with Crippen molar-refractivity contribution >= 4 is 15.9 Å². The van der Waals surface area contributed by atoms with Gasteiger partial charge in [-0.1, -0.05) is 0 Å². The molecule has 5 heteroatoms. The number of halogens is 1. The number of hydrogen-bond acceptors (Lipinski definition) is 3. The van der Waals surface area contributed by atoms with Crippen LogP contribution in [0.5, 0.6) is 0 Å². The minimum Gasteiger partial charge on any atom is -0.220 e. The molecule has 0 bridgehead atoms. The fourth-order valence-corrected chi connectivity index (χ4v) is 1.32. The largest absolute Gasteiger partial charge is 0.220 e. The maximum Gasteiger partial charge on any atom is 0.217 e. The molecule has 0 atom stereocenters. The molecule has 0 unspecified atom stereocenters. The SMILES string of the molecule is N#Cc1ccc(-n2cnc(Br)n2)cc1. The molecule has 0 saturated heterocycles. The van der Waals surface area contributed by atoms with Gasteiger partial charge in [-0.15, -0.1) is 5.10 Å². The second-order valence-corrected chi connectivity index (χ2v) is 3.33. The van der Waals surface area contributed by atoms with Crippen molar-refractivity contribution in [3.63, 3.8) is 0 Å². The average molecular weight is 249 g/mol. The smallest absolute Gasteiger partial charge is 0.217 e. The molecule has 4 nitrogen and oxygen atoms in total.